The molecule has 1 N–H and O–H groups in total. The summed E-state index contributed by atoms with van der Waals surface area (Å²) in [5, 5.41) is 4.31. The van der Waals surface area contributed by atoms with Crippen molar-refractivity contribution in [2.45, 2.75) is 18.7 Å². The van der Waals surface area contributed by atoms with Gasteiger partial charge in [-0.05, 0) is 61.4 Å². The predicted octanol–water partition coefficient (Wildman–Crippen LogP) is 3.83. The van der Waals surface area contributed by atoms with E-state index in [4.69, 9.17) is 9.47 Å². The van der Waals surface area contributed by atoms with E-state index in [-0.39, 0.29) is 4.90 Å². The topological polar surface area (TPSA) is 94.8 Å². The fraction of sp³-hybridized carbons (Fsp3) is 0.182. The average Bonchev–Trinajstić information content (AvgIpc) is 3.16. The van der Waals surface area contributed by atoms with Gasteiger partial charge >= 0.3 is 0 Å². The fourth-order valence-corrected chi connectivity index (χ4v) is 4.60. The minimum absolute atomic E-state index is 0.196. The van der Waals surface area contributed by atoms with Crippen LogP contribution in [0.2, 0.25) is 0 Å². The van der Waals surface area contributed by atoms with Gasteiger partial charge in [0.2, 0.25) is 5.88 Å². The predicted molar refractivity (Wildman–Crippen MR) is 118 cm³/mol. The third kappa shape index (κ3) is 4.17. The molecule has 0 aliphatic heterocycles. The molecule has 0 fully saturated rings. The Morgan fingerprint density at radius 2 is 1.68 bits per heavy atom. The molecule has 2 aromatic heterocycles. The molecular weight excluding hydrogens is 416 g/mol. The van der Waals surface area contributed by atoms with Gasteiger partial charge in [0.05, 0.1) is 36.7 Å². The van der Waals surface area contributed by atoms with E-state index in [9.17, 15) is 8.42 Å². The molecule has 31 heavy (non-hydrogen) atoms. The van der Waals surface area contributed by atoms with Crippen molar-refractivity contribution < 1.29 is 17.9 Å². The van der Waals surface area contributed by atoms with E-state index in [0.717, 1.165) is 11.1 Å². The summed E-state index contributed by atoms with van der Waals surface area (Å²) < 4.78 is 40.8. The Kier molecular flexibility index (Phi) is 5.28. The highest BCUT2D eigenvalue weighted by molar-refractivity contribution is 7.92. The van der Waals surface area contributed by atoms with Crippen LogP contribution < -0.4 is 14.2 Å². The van der Waals surface area contributed by atoms with Gasteiger partial charge in [-0.2, -0.15) is 0 Å². The van der Waals surface area contributed by atoms with Crippen LogP contribution >= 0.6 is 0 Å². The maximum atomic E-state index is 13.0. The molecular formula is C22H22N4O4S. The summed E-state index contributed by atoms with van der Waals surface area (Å²) in [4.78, 5) is 4.76. The molecule has 0 amide bonds. The maximum absolute atomic E-state index is 13.0. The molecule has 2 heterocycles. The molecule has 0 saturated carbocycles. The molecule has 4 aromatic rings. The van der Waals surface area contributed by atoms with Crippen molar-refractivity contribution in [3.63, 3.8) is 0 Å². The Hall–Kier alpha value is -3.59. The van der Waals surface area contributed by atoms with Gasteiger partial charge in [-0.15, -0.1) is 5.10 Å². The first kappa shape index (κ1) is 20.7. The first-order valence-corrected chi connectivity index (χ1v) is 11.0. The van der Waals surface area contributed by atoms with Crippen LogP contribution in [0.3, 0.4) is 0 Å². The number of anilines is 1. The Morgan fingerprint density at radius 3 is 2.35 bits per heavy atom. The van der Waals surface area contributed by atoms with Crippen LogP contribution in [0.1, 0.15) is 11.1 Å². The number of hydrogen-bond donors (Lipinski definition) is 1. The summed E-state index contributed by atoms with van der Waals surface area (Å²) in [6, 6.07) is 13.9. The Morgan fingerprint density at radius 1 is 0.935 bits per heavy atom. The van der Waals surface area contributed by atoms with Gasteiger partial charge in [0.25, 0.3) is 10.0 Å². The maximum Gasteiger partial charge on any atom is 0.262 e. The van der Waals surface area contributed by atoms with Gasteiger partial charge in [-0.1, -0.05) is 6.07 Å². The highest BCUT2D eigenvalue weighted by Crippen LogP contribution is 2.32. The second kappa shape index (κ2) is 7.92. The monoisotopic (exact) mass is 438 g/mol. The van der Waals surface area contributed by atoms with E-state index < -0.39 is 10.0 Å². The van der Waals surface area contributed by atoms with Gasteiger partial charge in [0.1, 0.15) is 5.75 Å². The second-order valence-corrected chi connectivity index (χ2v) is 8.83. The van der Waals surface area contributed by atoms with Crippen LogP contribution in [0.25, 0.3) is 16.9 Å². The number of aromatic nitrogens is 3. The number of methoxy groups -OCH3 is 2. The zero-order valence-corrected chi connectivity index (χ0v) is 18.4. The first-order valence-electron chi connectivity index (χ1n) is 9.49. The Labute approximate surface area is 180 Å². The molecule has 160 valence electrons. The van der Waals surface area contributed by atoms with Crippen molar-refractivity contribution in [2.24, 2.45) is 0 Å². The molecule has 4 rings (SSSR count). The number of hydrogen-bond acceptors (Lipinski definition) is 6. The van der Waals surface area contributed by atoms with Crippen LogP contribution in [0, 0.1) is 13.8 Å². The van der Waals surface area contributed by atoms with E-state index >= 15 is 0 Å². The molecule has 0 radical (unpaired) electrons. The molecule has 8 nitrogen and oxygen atoms in total. The van der Waals surface area contributed by atoms with Crippen molar-refractivity contribution in [3.8, 4) is 22.9 Å². The van der Waals surface area contributed by atoms with Crippen LogP contribution in [0.4, 0.5) is 5.69 Å². The van der Waals surface area contributed by atoms with Crippen molar-refractivity contribution >= 4 is 21.4 Å². The number of benzene rings is 2. The highest BCUT2D eigenvalue weighted by atomic mass is 32.2. The summed E-state index contributed by atoms with van der Waals surface area (Å²) in [7, 11) is -0.772. The third-order valence-corrected chi connectivity index (χ3v) is 6.09. The Bertz CT molecular complexity index is 1360. The lowest BCUT2D eigenvalue weighted by atomic mass is 10.1. The zero-order chi connectivity index (χ0) is 22.2. The molecule has 0 bridgehead atoms. The first-order chi connectivity index (χ1) is 14.8. The van der Waals surface area contributed by atoms with Gasteiger partial charge in [-0.3, -0.25) is 4.72 Å². The van der Waals surface area contributed by atoms with Gasteiger partial charge in [0, 0.05) is 11.6 Å². The fourth-order valence-electron chi connectivity index (χ4n) is 3.35. The van der Waals surface area contributed by atoms with Crippen LogP contribution in [-0.2, 0) is 10.0 Å². The lowest BCUT2D eigenvalue weighted by Gasteiger charge is -2.14. The summed E-state index contributed by atoms with van der Waals surface area (Å²) in [5.74, 6) is 0.869. The van der Waals surface area contributed by atoms with Crippen molar-refractivity contribution in [2.75, 3.05) is 18.9 Å². The quantitative estimate of drug-likeness (QED) is 0.492. The molecule has 2 aromatic carbocycles. The van der Waals surface area contributed by atoms with Gasteiger partial charge < -0.3 is 9.47 Å². The molecule has 0 spiro atoms. The highest BCUT2D eigenvalue weighted by Gasteiger charge is 2.18. The van der Waals surface area contributed by atoms with Crippen molar-refractivity contribution in [3.05, 3.63) is 65.9 Å². The molecule has 0 unspecified atom stereocenters. The van der Waals surface area contributed by atoms with E-state index in [0.29, 0.717) is 34.2 Å². The molecule has 0 atom stereocenters. The van der Waals surface area contributed by atoms with Crippen LogP contribution in [0.15, 0.2) is 59.6 Å². The standard InChI is InChI=1S/C22H22N4O4S/c1-14-9-15(2)11-17(10-14)31(27,28)25-18-12-16(5-6-20(18)29-3)19-13-26-21(23-19)7-8-22(24-26)30-4/h5-13,25H,1-4H3. The van der Waals surface area contributed by atoms with Gasteiger partial charge in [0.15, 0.2) is 5.65 Å². The number of aryl methyl sites for hydroxylation is 2. The molecule has 0 aliphatic rings. The normalized spacial score (nSPS) is 11.5. The Balaban J connectivity index is 1.74. The molecule has 0 saturated heterocycles. The average molecular weight is 439 g/mol. The van der Waals surface area contributed by atoms with Gasteiger partial charge in [-0.25, -0.2) is 17.9 Å². The van der Waals surface area contributed by atoms with Crippen molar-refractivity contribution in [1.29, 1.82) is 0 Å². The third-order valence-electron chi connectivity index (χ3n) is 4.75. The molecule has 0 aliphatic carbocycles. The summed E-state index contributed by atoms with van der Waals surface area (Å²) in [6.07, 6.45) is 1.75. The number of fused-ring (bicyclic) bond motifs is 1. The summed E-state index contributed by atoms with van der Waals surface area (Å²) in [6.45, 7) is 3.72. The number of ether oxygens (including phenoxy) is 2. The van der Waals surface area contributed by atoms with Crippen molar-refractivity contribution in [1.82, 2.24) is 14.6 Å². The second-order valence-electron chi connectivity index (χ2n) is 7.15. The van der Waals surface area contributed by atoms with Crippen LogP contribution in [0.5, 0.6) is 11.6 Å². The smallest absolute Gasteiger partial charge is 0.262 e. The number of nitrogens with one attached hydrogen (secondary N) is 1. The summed E-state index contributed by atoms with van der Waals surface area (Å²) >= 11 is 0. The van der Waals surface area contributed by atoms with E-state index in [1.807, 2.05) is 26.0 Å². The number of rotatable bonds is 6. The summed E-state index contributed by atoms with van der Waals surface area (Å²) in [5.41, 5.74) is 4.05. The van der Waals surface area contributed by atoms with E-state index in [1.165, 1.54) is 7.11 Å². The lowest BCUT2D eigenvalue weighted by Crippen LogP contribution is -2.14. The minimum atomic E-state index is -3.81. The number of imidazole rings is 1. The lowest BCUT2D eigenvalue weighted by molar-refractivity contribution is 0.390. The van der Waals surface area contributed by atoms with E-state index in [1.54, 1.807) is 54.2 Å². The number of sulfonamides is 1. The van der Waals surface area contributed by atoms with Crippen LogP contribution in [-0.4, -0.2) is 37.2 Å². The largest absolute Gasteiger partial charge is 0.495 e. The van der Waals surface area contributed by atoms with E-state index in [2.05, 4.69) is 14.8 Å². The zero-order valence-electron chi connectivity index (χ0n) is 17.6. The number of nitrogens with zero attached hydrogens (tertiary/aromatic N) is 3. The minimum Gasteiger partial charge on any atom is -0.495 e. The molecule has 9 heteroatoms. The SMILES string of the molecule is COc1ccc2nc(-c3ccc(OC)c(NS(=O)(=O)c4cc(C)cc(C)c4)c3)cn2n1.